The summed E-state index contributed by atoms with van der Waals surface area (Å²) in [5.74, 6) is -1.53. The number of carbonyl (C=O) groups excluding carboxylic acids is 1. The van der Waals surface area contributed by atoms with Crippen molar-refractivity contribution >= 4 is 15.9 Å². The third-order valence-corrected chi connectivity index (χ3v) is 4.74. The van der Waals surface area contributed by atoms with Gasteiger partial charge in [-0.2, -0.15) is 13.2 Å². The second kappa shape index (κ2) is 7.10. The maximum absolute atomic E-state index is 13.0. The molecule has 9 heteroatoms. The highest BCUT2D eigenvalue weighted by Crippen LogP contribution is 2.32. The Labute approximate surface area is 127 Å². The van der Waals surface area contributed by atoms with Crippen LogP contribution in [0.25, 0.3) is 0 Å². The zero-order valence-corrected chi connectivity index (χ0v) is 12.9. The van der Waals surface area contributed by atoms with E-state index >= 15 is 0 Å². The van der Waals surface area contributed by atoms with Gasteiger partial charge in [0.2, 0.25) is 15.9 Å². The summed E-state index contributed by atoms with van der Waals surface area (Å²) >= 11 is 0. The van der Waals surface area contributed by atoms with Crippen LogP contribution in [0.1, 0.15) is 18.0 Å². The minimum atomic E-state index is -4.67. The topological polar surface area (TPSA) is 66.5 Å². The second-order valence-corrected chi connectivity index (χ2v) is 7.10. The summed E-state index contributed by atoms with van der Waals surface area (Å²) in [6.07, 6.45) is -5.21. The number of nitrogens with zero attached hydrogens (tertiary/aromatic N) is 1. The molecule has 0 saturated carbocycles. The number of hydrogen-bond acceptors (Lipinski definition) is 3. The van der Waals surface area contributed by atoms with Crippen molar-refractivity contribution in [3.8, 4) is 0 Å². The van der Waals surface area contributed by atoms with Crippen LogP contribution in [0, 0.1) is 0 Å². The summed E-state index contributed by atoms with van der Waals surface area (Å²) in [5.41, 5.74) is -0.112. The Hall–Kier alpha value is -1.61. The number of sulfonamides is 1. The molecule has 0 radical (unpaired) electrons. The molecule has 1 unspecified atom stereocenters. The number of rotatable bonds is 6. The van der Waals surface area contributed by atoms with Crippen molar-refractivity contribution < 1.29 is 26.4 Å². The van der Waals surface area contributed by atoms with Crippen LogP contribution in [0.5, 0.6) is 0 Å². The van der Waals surface area contributed by atoms with Crippen molar-refractivity contribution in [3.05, 3.63) is 35.9 Å². The van der Waals surface area contributed by atoms with E-state index in [0.29, 0.717) is 0 Å². The zero-order valence-electron chi connectivity index (χ0n) is 12.1. The molecule has 0 heterocycles. The van der Waals surface area contributed by atoms with Gasteiger partial charge in [-0.15, -0.1) is 0 Å². The molecule has 1 atom stereocenters. The lowest BCUT2D eigenvalue weighted by Gasteiger charge is -2.22. The molecule has 1 N–H and O–H groups in total. The minimum Gasteiger partial charge on any atom is -0.341 e. The summed E-state index contributed by atoms with van der Waals surface area (Å²) in [7, 11) is -1.06. The van der Waals surface area contributed by atoms with Crippen LogP contribution in [0.2, 0.25) is 0 Å². The van der Waals surface area contributed by atoms with E-state index in [2.05, 4.69) is 0 Å². The average Bonchev–Trinajstić information content (AvgIpc) is 2.42. The molecule has 124 valence electrons. The molecule has 0 aliphatic heterocycles. The first-order chi connectivity index (χ1) is 10.0. The first-order valence-corrected chi connectivity index (χ1v) is 7.96. The molecule has 5 nitrogen and oxygen atoms in total. The highest BCUT2D eigenvalue weighted by molar-refractivity contribution is 7.89. The fourth-order valence-corrected chi connectivity index (χ4v) is 2.45. The van der Waals surface area contributed by atoms with Gasteiger partial charge >= 0.3 is 6.18 Å². The zero-order chi connectivity index (χ0) is 17.0. The number of halogens is 3. The molecule has 0 saturated heterocycles. The normalized spacial score (nSPS) is 13.9. The molecular formula is C13H17F3N2O3S. The van der Waals surface area contributed by atoms with Crippen LogP contribution in [0.3, 0.4) is 0 Å². The van der Waals surface area contributed by atoms with E-state index in [9.17, 15) is 26.4 Å². The van der Waals surface area contributed by atoms with Crippen molar-refractivity contribution in [2.45, 2.75) is 18.6 Å². The Morgan fingerprint density at radius 1 is 1.23 bits per heavy atom. The summed E-state index contributed by atoms with van der Waals surface area (Å²) in [5, 5.41) is 1.84. The SMILES string of the molecule is CN(C)S(=O)(=O)CCC(=O)NC(c1ccccc1)C(F)(F)F. The summed E-state index contributed by atoms with van der Waals surface area (Å²) in [6.45, 7) is 0. The Morgan fingerprint density at radius 2 is 1.77 bits per heavy atom. The average molecular weight is 338 g/mol. The van der Waals surface area contributed by atoms with Crippen LogP contribution in [0.15, 0.2) is 30.3 Å². The van der Waals surface area contributed by atoms with Gasteiger partial charge in [-0.05, 0) is 5.56 Å². The molecular weight excluding hydrogens is 321 g/mol. The van der Waals surface area contributed by atoms with Gasteiger partial charge in [0.1, 0.15) is 0 Å². The van der Waals surface area contributed by atoms with Gasteiger partial charge in [0.05, 0.1) is 5.75 Å². The predicted octanol–water partition coefficient (Wildman–Crippen LogP) is 1.69. The maximum atomic E-state index is 13.0. The quantitative estimate of drug-likeness (QED) is 0.858. The van der Waals surface area contributed by atoms with Crippen molar-refractivity contribution in [1.82, 2.24) is 9.62 Å². The minimum absolute atomic E-state index is 0.112. The number of nitrogens with one attached hydrogen (secondary N) is 1. The monoisotopic (exact) mass is 338 g/mol. The van der Waals surface area contributed by atoms with Gasteiger partial charge in [-0.25, -0.2) is 12.7 Å². The van der Waals surface area contributed by atoms with Crippen LogP contribution in [-0.4, -0.2) is 44.7 Å². The maximum Gasteiger partial charge on any atom is 0.412 e. The van der Waals surface area contributed by atoms with E-state index in [4.69, 9.17) is 0 Å². The lowest BCUT2D eigenvalue weighted by molar-refractivity contribution is -0.163. The molecule has 0 bridgehead atoms. The molecule has 0 aliphatic rings. The molecule has 22 heavy (non-hydrogen) atoms. The lowest BCUT2D eigenvalue weighted by atomic mass is 10.1. The largest absolute Gasteiger partial charge is 0.412 e. The van der Waals surface area contributed by atoms with Crippen molar-refractivity contribution in [1.29, 1.82) is 0 Å². The fourth-order valence-electron chi connectivity index (χ4n) is 1.64. The van der Waals surface area contributed by atoms with Crippen LogP contribution >= 0.6 is 0 Å². The third-order valence-electron chi connectivity index (χ3n) is 2.91. The van der Waals surface area contributed by atoms with Gasteiger partial charge in [0.15, 0.2) is 6.04 Å². The van der Waals surface area contributed by atoms with E-state index in [-0.39, 0.29) is 5.56 Å². The second-order valence-electron chi connectivity index (χ2n) is 4.80. The van der Waals surface area contributed by atoms with E-state index in [1.165, 1.54) is 38.4 Å². The fraction of sp³-hybridized carbons (Fsp3) is 0.462. The van der Waals surface area contributed by atoms with Gasteiger partial charge < -0.3 is 5.32 Å². The number of hydrogen-bond donors (Lipinski definition) is 1. The Balaban J connectivity index is 2.78. The highest BCUT2D eigenvalue weighted by Gasteiger charge is 2.41. The Morgan fingerprint density at radius 3 is 2.23 bits per heavy atom. The number of alkyl halides is 3. The van der Waals surface area contributed by atoms with E-state index < -0.39 is 40.3 Å². The molecule has 0 aromatic heterocycles. The Kier molecular flexibility index (Phi) is 5.95. The van der Waals surface area contributed by atoms with Gasteiger partial charge in [-0.3, -0.25) is 4.79 Å². The molecule has 0 spiro atoms. The summed E-state index contributed by atoms with van der Waals surface area (Å²) in [6, 6.07) is 4.74. The van der Waals surface area contributed by atoms with Crippen molar-refractivity contribution in [3.63, 3.8) is 0 Å². The van der Waals surface area contributed by atoms with Crippen LogP contribution in [0.4, 0.5) is 13.2 Å². The van der Waals surface area contributed by atoms with Crippen molar-refractivity contribution in [2.24, 2.45) is 0 Å². The molecule has 0 fully saturated rings. The summed E-state index contributed by atoms with van der Waals surface area (Å²) < 4.78 is 63.0. The van der Waals surface area contributed by atoms with Gasteiger partial charge in [0, 0.05) is 20.5 Å². The first kappa shape index (κ1) is 18.4. The number of benzene rings is 1. The number of amides is 1. The smallest absolute Gasteiger partial charge is 0.341 e. The standard InChI is InChI=1S/C13H17F3N2O3S/c1-18(2)22(20,21)9-8-11(19)17-12(13(14,15)16)10-6-4-3-5-7-10/h3-7,12H,8-9H2,1-2H3,(H,17,19). The van der Waals surface area contributed by atoms with Gasteiger partial charge in [-0.1, -0.05) is 30.3 Å². The molecule has 1 amide bonds. The molecule has 1 rings (SSSR count). The van der Waals surface area contributed by atoms with Crippen LogP contribution < -0.4 is 5.32 Å². The predicted molar refractivity (Wildman–Crippen MR) is 75.5 cm³/mol. The third kappa shape index (κ3) is 5.30. The van der Waals surface area contributed by atoms with E-state index in [1.807, 2.05) is 5.32 Å². The van der Waals surface area contributed by atoms with Crippen LogP contribution in [-0.2, 0) is 14.8 Å². The van der Waals surface area contributed by atoms with E-state index in [0.717, 1.165) is 4.31 Å². The molecule has 1 aromatic rings. The number of carbonyl (C=O) groups is 1. The molecule has 0 aliphatic carbocycles. The Bertz CT molecular complexity index is 601. The van der Waals surface area contributed by atoms with Gasteiger partial charge in [0.25, 0.3) is 0 Å². The highest BCUT2D eigenvalue weighted by atomic mass is 32.2. The summed E-state index contributed by atoms with van der Waals surface area (Å²) in [4.78, 5) is 11.6. The first-order valence-electron chi connectivity index (χ1n) is 6.35. The molecule has 1 aromatic carbocycles. The van der Waals surface area contributed by atoms with Crippen molar-refractivity contribution in [2.75, 3.05) is 19.8 Å². The van der Waals surface area contributed by atoms with E-state index in [1.54, 1.807) is 6.07 Å². The lowest BCUT2D eigenvalue weighted by Crippen LogP contribution is -2.39.